The second kappa shape index (κ2) is 7.67. The Morgan fingerprint density at radius 1 is 1.10 bits per heavy atom. The molecule has 30 heavy (non-hydrogen) atoms. The largest absolute Gasteiger partial charge is 0.472 e. The molecule has 5 aromatic rings. The van der Waals surface area contributed by atoms with Crippen LogP contribution in [0, 0.1) is 0 Å². The van der Waals surface area contributed by atoms with Crippen LogP contribution in [0.3, 0.4) is 0 Å². The van der Waals surface area contributed by atoms with E-state index < -0.39 is 5.91 Å². The molecule has 8 heteroatoms. The highest BCUT2D eigenvalue weighted by Crippen LogP contribution is 2.23. The van der Waals surface area contributed by atoms with Crippen LogP contribution in [0.5, 0.6) is 0 Å². The summed E-state index contributed by atoms with van der Waals surface area (Å²) in [6.07, 6.45) is 5.53. The van der Waals surface area contributed by atoms with Crippen LogP contribution in [0.15, 0.2) is 82.3 Å². The van der Waals surface area contributed by atoms with Gasteiger partial charge in [-0.1, -0.05) is 23.4 Å². The Morgan fingerprint density at radius 2 is 2.00 bits per heavy atom. The molecule has 0 saturated carbocycles. The molecule has 1 aromatic carbocycles. The third-order valence-corrected chi connectivity index (χ3v) is 4.75. The van der Waals surface area contributed by atoms with Crippen LogP contribution in [-0.2, 0) is 13.0 Å². The van der Waals surface area contributed by atoms with Gasteiger partial charge < -0.3 is 13.5 Å². The number of carbonyl (C=O) groups is 1. The van der Waals surface area contributed by atoms with E-state index in [2.05, 4.69) is 20.4 Å². The summed E-state index contributed by atoms with van der Waals surface area (Å²) < 4.78 is 12.3. The van der Waals surface area contributed by atoms with Crippen LogP contribution < -0.4 is 5.32 Å². The van der Waals surface area contributed by atoms with Crippen LogP contribution in [0.2, 0.25) is 0 Å². The molecule has 0 aliphatic carbocycles. The first-order chi connectivity index (χ1) is 14.8. The Bertz CT molecular complexity index is 1290. The van der Waals surface area contributed by atoms with Crippen molar-refractivity contribution in [3.63, 3.8) is 0 Å². The van der Waals surface area contributed by atoms with Gasteiger partial charge >= 0.3 is 0 Å². The third-order valence-electron chi connectivity index (χ3n) is 4.75. The molecular formula is C22H17N5O3. The number of hydrogen-bond acceptors (Lipinski definition) is 6. The number of imidazole rings is 1. The molecule has 8 nitrogen and oxygen atoms in total. The number of nitrogens with one attached hydrogen (secondary N) is 1. The topological polar surface area (TPSA) is 99.0 Å². The number of nitrogens with zero attached hydrogens (tertiary/aromatic N) is 4. The third kappa shape index (κ3) is 3.46. The van der Waals surface area contributed by atoms with Crippen molar-refractivity contribution in [1.29, 1.82) is 0 Å². The van der Waals surface area contributed by atoms with Crippen molar-refractivity contribution >= 4 is 22.9 Å². The number of anilines is 1. The van der Waals surface area contributed by atoms with Gasteiger partial charge in [-0.15, -0.1) is 0 Å². The standard InChI is InChI=1S/C22H17N5O3/c28-21(18-13-20(30-26-18)15-9-12-29-14-15)25-22-24-17-6-1-2-7-19(17)27(22)11-8-16-5-3-4-10-23-16/h1-7,9-10,12-14H,8,11H2,(H,24,25,28). The predicted molar refractivity (Wildman–Crippen MR) is 110 cm³/mol. The van der Waals surface area contributed by atoms with Gasteiger partial charge in [0.1, 0.15) is 6.26 Å². The monoisotopic (exact) mass is 399 g/mol. The lowest BCUT2D eigenvalue weighted by Crippen LogP contribution is -2.17. The summed E-state index contributed by atoms with van der Waals surface area (Å²) in [6.45, 7) is 0.617. The molecule has 4 aromatic heterocycles. The lowest BCUT2D eigenvalue weighted by Gasteiger charge is -2.09. The Labute approximate surface area is 171 Å². The SMILES string of the molecule is O=C(Nc1nc2ccccc2n1CCc1ccccn1)c1cc(-c2ccoc2)on1. The number of aromatic nitrogens is 4. The van der Waals surface area contributed by atoms with Gasteiger partial charge in [-0.25, -0.2) is 4.98 Å². The van der Waals surface area contributed by atoms with Crippen molar-refractivity contribution in [2.45, 2.75) is 13.0 Å². The number of aryl methyl sites for hydroxylation is 2. The molecule has 4 heterocycles. The number of furan rings is 1. The number of hydrogen-bond donors (Lipinski definition) is 1. The minimum Gasteiger partial charge on any atom is -0.472 e. The fourth-order valence-electron chi connectivity index (χ4n) is 3.26. The first kappa shape index (κ1) is 17.9. The van der Waals surface area contributed by atoms with Gasteiger partial charge in [-0.05, 0) is 30.3 Å². The lowest BCUT2D eigenvalue weighted by molar-refractivity contribution is 0.101. The predicted octanol–water partition coefficient (Wildman–Crippen LogP) is 4.17. The zero-order valence-electron chi connectivity index (χ0n) is 15.9. The highest BCUT2D eigenvalue weighted by atomic mass is 16.5. The Kier molecular flexibility index (Phi) is 4.57. The highest BCUT2D eigenvalue weighted by Gasteiger charge is 2.18. The van der Waals surface area contributed by atoms with Gasteiger partial charge in [-0.3, -0.25) is 15.1 Å². The summed E-state index contributed by atoms with van der Waals surface area (Å²) in [5.74, 6) is 0.505. The number of carbonyl (C=O) groups excluding carboxylic acids is 1. The van der Waals surface area contributed by atoms with Crippen LogP contribution in [0.4, 0.5) is 5.95 Å². The van der Waals surface area contributed by atoms with E-state index >= 15 is 0 Å². The van der Waals surface area contributed by atoms with E-state index in [1.807, 2.05) is 47.0 Å². The summed E-state index contributed by atoms with van der Waals surface area (Å²) in [5, 5.41) is 6.73. The average Bonchev–Trinajstić information content (AvgIpc) is 3.52. The zero-order chi connectivity index (χ0) is 20.3. The summed E-state index contributed by atoms with van der Waals surface area (Å²) in [4.78, 5) is 21.7. The van der Waals surface area contributed by atoms with Crippen LogP contribution >= 0.6 is 0 Å². The first-order valence-electron chi connectivity index (χ1n) is 9.44. The van der Waals surface area contributed by atoms with Crippen molar-refractivity contribution in [2.75, 3.05) is 5.32 Å². The molecule has 5 rings (SSSR count). The summed E-state index contributed by atoms with van der Waals surface area (Å²) in [6, 6.07) is 16.9. The van der Waals surface area contributed by atoms with E-state index in [4.69, 9.17) is 8.94 Å². The second-order valence-electron chi connectivity index (χ2n) is 6.69. The summed E-state index contributed by atoms with van der Waals surface area (Å²) in [5.41, 5.74) is 3.57. The molecule has 1 N–H and O–H groups in total. The summed E-state index contributed by atoms with van der Waals surface area (Å²) in [7, 11) is 0. The molecule has 1 amide bonds. The molecule has 0 fully saturated rings. The highest BCUT2D eigenvalue weighted by molar-refractivity contribution is 6.03. The van der Waals surface area contributed by atoms with Crippen LogP contribution in [0.1, 0.15) is 16.2 Å². The second-order valence-corrected chi connectivity index (χ2v) is 6.69. The van der Waals surface area contributed by atoms with Gasteiger partial charge in [0.25, 0.3) is 5.91 Å². The molecular weight excluding hydrogens is 382 g/mol. The van der Waals surface area contributed by atoms with E-state index in [0.29, 0.717) is 30.2 Å². The molecule has 0 aliphatic heterocycles. The van der Waals surface area contributed by atoms with Gasteiger partial charge in [0.05, 0.1) is 22.9 Å². The molecule has 0 bridgehead atoms. The van der Waals surface area contributed by atoms with Crippen molar-refractivity contribution in [1.82, 2.24) is 19.7 Å². The van der Waals surface area contributed by atoms with Crippen LogP contribution in [-0.4, -0.2) is 25.6 Å². The van der Waals surface area contributed by atoms with Gasteiger partial charge in [0.15, 0.2) is 11.5 Å². The maximum atomic E-state index is 12.8. The summed E-state index contributed by atoms with van der Waals surface area (Å²) >= 11 is 0. The van der Waals surface area contributed by atoms with Crippen molar-refractivity contribution in [3.05, 3.63) is 84.7 Å². The molecule has 148 valence electrons. The van der Waals surface area contributed by atoms with E-state index in [-0.39, 0.29) is 5.69 Å². The first-order valence-corrected chi connectivity index (χ1v) is 9.44. The van der Waals surface area contributed by atoms with E-state index in [1.165, 1.54) is 12.5 Å². The molecule has 0 atom stereocenters. The smallest absolute Gasteiger partial charge is 0.280 e. The van der Waals surface area contributed by atoms with Crippen LogP contribution in [0.25, 0.3) is 22.4 Å². The minimum absolute atomic E-state index is 0.162. The van der Waals surface area contributed by atoms with Gasteiger partial charge in [0.2, 0.25) is 5.95 Å². The molecule has 0 saturated heterocycles. The van der Waals surface area contributed by atoms with E-state index in [1.54, 1.807) is 18.3 Å². The van der Waals surface area contributed by atoms with Gasteiger partial charge in [-0.2, -0.15) is 0 Å². The number of amides is 1. The molecule has 0 radical (unpaired) electrons. The van der Waals surface area contributed by atoms with Crippen molar-refractivity contribution in [2.24, 2.45) is 0 Å². The van der Waals surface area contributed by atoms with Crippen molar-refractivity contribution in [3.8, 4) is 11.3 Å². The number of rotatable bonds is 6. The number of fused-ring (bicyclic) bond motifs is 1. The molecule has 0 unspecified atom stereocenters. The Balaban J connectivity index is 1.41. The van der Waals surface area contributed by atoms with E-state index in [9.17, 15) is 4.79 Å². The number of pyridine rings is 1. The quantitative estimate of drug-likeness (QED) is 0.460. The van der Waals surface area contributed by atoms with Crippen molar-refractivity contribution < 1.29 is 13.7 Å². The zero-order valence-corrected chi connectivity index (χ0v) is 15.9. The molecule has 0 aliphatic rings. The van der Waals surface area contributed by atoms with Gasteiger partial charge in [0, 0.05) is 30.9 Å². The van der Waals surface area contributed by atoms with E-state index in [0.717, 1.165) is 16.7 Å². The molecule has 0 spiro atoms. The fourth-order valence-corrected chi connectivity index (χ4v) is 3.26. The number of benzene rings is 1. The Morgan fingerprint density at radius 3 is 2.83 bits per heavy atom. The lowest BCUT2D eigenvalue weighted by atomic mass is 10.2. The number of para-hydroxylation sites is 2. The fraction of sp³-hybridized carbons (Fsp3) is 0.0909. The maximum Gasteiger partial charge on any atom is 0.280 e. The minimum atomic E-state index is -0.400. The maximum absolute atomic E-state index is 12.8. The Hall–Kier alpha value is -4.20. The normalized spacial score (nSPS) is 11.1. The average molecular weight is 399 g/mol.